The fraction of sp³-hybridized carbons (Fsp3) is 1.00. The molecule has 0 radical (unpaired) electrons. The highest BCUT2D eigenvalue weighted by atomic mass is 15.2. The summed E-state index contributed by atoms with van der Waals surface area (Å²) in [5.74, 6) is 0. The summed E-state index contributed by atoms with van der Waals surface area (Å²) in [4.78, 5) is 1.82. The van der Waals surface area contributed by atoms with Crippen LogP contribution in [0, 0.1) is 0 Å². The van der Waals surface area contributed by atoms with E-state index in [1.54, 1.807) is 0 Å². The summed E-state index contributed by atoms with van der Waals surface area (Å²) in [5, 5.41) is 0. The number of hydrogen-bond acceptors (Lipinski definition) is 0. The predicted octanol–water partition coefficient (Wildman–Crippen LogP) is -0.536. The topological polar surface area (TPSA) is 32.1 Å². The minimum absolute atomic E-state index is 0.773. The molecule has 0 aromatic rings. The van der Waals surface area contributed by atoms with Crippen molar-refractivity contribution in [2.45, 2.75) is 51.6 Å². The van der Waals surface area contributed by atoms with E-state index in [1.165, 1.54) is 32.2 Å². The van der Waals surface area contributed by atoms with Gasteiger partial charge in [-0.1, -0.05) is 6.92 Å². The van der Waals surface area contributed by atoms with Gasteiger partial charge in [-0.25, -0.2) is 0 Å². The van der Waals surface area contributed by atoms with Gasteiger partial charge in [0, 0.05) is 0 Å². The van der Waals surface area contributed by atoms with Gasteiger partial charge < -0.3 is 10.6 Å². The second-order valence-corrected chi connectivity index (χ2v) is 4.12. The van der Waals surface area contributed by atoms with Crippen molar-refractivity contribution in [2.75, 3.05) is 13.1 Å². The van der Waals surface area contributed by atoms with Gasteiger partial charge in [-0.3, -0.25) is 0 Å². The lowest BCUT2D eigenvalue weighted by Gasteiger charge is -2.35. The molecule has 2 nitrogen and oxygen atoms in total. The smallest absolute Gasteiger partial charge is 0.134 e. The van der Waals surface area contributed by atoms with Crippen molar-refractivity contribution in [1.82, 2.24) is 0 Å². The Morgan fingerprint density at radius 1 is 1.50 bits per heavy atom. The molecule has 1 aliphatic heterocycles. The highest BCUT2D eigenvalue weighted by Crippen LogP contribution is 2.06. The van der Waals surface area contributed by atoms with E-state index in [4.69, 9.17) is 0 Å². The maximum atomic E-state index is 4.01. The molecule has 1 aliphatic rings. The van der Waals surface area contributed by atoms with E-state index in [1.807, 2.05) is 4.90 Å². The predicted molar refractivity (Wildman–Crippen MR) is 51.0 cm³/mol. The molecule has 1 unspecified atom stereocenters. The van der Waals surface area contributed by atoms with Crippen LogP contribution in [0.5, 0.6) is 0 Å². The first-order valence-corrected chi connectivity index (χ1v) is 5.44. The zero-order chi connectivity index (χ0) is 8.97. The van der Waals surface area contributed by atoms with Crippen LogP contribution in [0.2, 0.25) is 0 Å². The number of quaternary nitrogens is 2. The minimum Gasteiger partial charge on any atom is -0.353 e. The molecule has 0 spiro atoms. The van der Waals surface area contributed by atoms with Crippen LogP contribution in [0.15, 0.2) is 0 Å². The Morgan fingerprint density at radius 3 is 2.83 bits per heavy atom. The van der Waals surface area contributed by atoms with Crippen molar-refractivity contribution >= 4 is 0 Å². The molecule has 0 amide bonds. The molecule has 0 bridgehead atoms. The monoisotopic (exact) mass is 172 g/mol. The van der Waals surface area contributed by atoms with Crippen molar-refractivity contribution in [3.8, 4) is 0 Å². The average molecular weight is 172 g/mol. The van der Waals surface area contributed by atoms with E-state index in [0.29, 0.717) is 0 Å². The molecular formula is C10H24N2+2. The van der Waals surface area contributed by atoms with Gasteiger partial charge in [-0.15, -0.1) is 0 Å². The average Bonchev–Trinajstić information content (AvgIpc) is 2.16. The quantitative estimate of drug-likeness (QED) is 0.573. The second-order valence-electron chi connectivity index (χ2n) is 4.12. The molecule has 4 N–H and O–H groups in total. The van der Waals surface area contributed by atoms with Crippen LogP contribution >= 0.6 is 0 Å². The van der Waals surface area contributed by atoms with E-state index < -0.39 is 0 Å². The van der Waals surface area contributed by atoms with E-state index in [0.717, 1.165) is 18.6 Å². The zero-order valence-corrected chi connectivity index (χ0v) is 8.60. The van der Waals surface area contributed by atoms with E-state index in [-0.39, 0.29) is 0 Å². The lowest BCUT2D eigenvalue weighted by atomic mass is 9.98. The van der Waals surface area contributed by atoms with Crippen LogP contribution < -0.4 is 10.6 Å². The van der Waals surface area contributed by atoms with Crippen LogP contribution in [0.3, 0.4) is 0 Å². The highest BCUT2D eigenvalue weighted by molar-refractivity contribution is 4.61. The summed E-state index contributed by atoms with van der Waals surface area (Å²) < 4.78 is 0. The second kappa shape index (κ2) is 4.83. The maximum Gasteiger partial charge on any atom is 0.134 e. The fourth-order valence-electron chi connectivity index (χ4n) is 2.41. The van der Waals surface area contributed by atoms with Crippen LogP contribution in [0.25, 0.3) is 0 Å². The van der Waals surface area contributed by atoms with Gasteiger partial charge >= 0.3 is 0 Å². The van der Waals surface area contributed by atoms with Gasteiger partial charge in [0.1, 0.15) is 12.6 Å². The molecule has 2 heteroatoms. The van der Waals surface area contributed by atoms with Gasteiger partial charge in [-0.05, 0) is 32.6 Å². The van der Waals surface area contributed by atoms with Crippen LogP contribution in [-0.2, 0) is 0 Å². The summed E-state index contributed by atoms with van der Waals surface area (Å²) >= 11 is 0. The normalized spacial score (nSPS) is 33.2. The van der Waals surface area contributed by atoms with Crippen LogP contribution in [-0.4, -0.2) is 25.2 Å². The van der Waals surface area contributed by atoms with E-state index in [2.05, 4.69) is 19.6 Å². The van der Waals surface area contributed by atoms with Crippen molar-refractivity contribution in [1.29, 1.82) is 0 Å². The molecule has 0 aromatic carbocycles. The molecular weight excluding hydrogens is 148 g/mol. The molecule has 12 heavy (non-hydrogen) atoms. The number of hydrogen-bond donors (Lipinski definition) is 2. The molecule has 1 rings (SSSR count). The van der Waals surface area contributed by atoms with Gasteiger partial charge in [0.25, 0.3) is 0 Å². The van der Waals surface area contributed by atoms with Crippen molar-refractivity contribution in [2.24, 2.45) is 0 Å². The number of rotatable bonds is 3. The summed E-state index contributed by atoms with van der Waals surface area (Å²) in [6, 6.07) is 1.70. The van der Waals surface area contributed by atoms with E-state index >= 15 is 0 Å². The van der Waals surface area contributed by atoms with Gasteiger partial charge in [0.2, 0.25) is 0 Å². The Balaban J connectivity index is 2.46. The van der Waals surface area contributed by atoms with Gasteiger partial charge in [0.05, 0.1) is 12.6 Å². The van der Waals surface area contributed by atoms with E-state index in [9.17, 15) is 0 Å². The van der Waals surface area contributed by atoms with Crippen LogP contribution in [0.4, 0.5) is 0 Å². The maximum absolute atomic E-state index is 4.01. The summed E-state index contributed by atoms with van der Waals surface area (Å²) in [6.45, 7) is 7.14. The Bertz CT molecular complexity index is 125. The SMILES string of the molecule is CC[C@@H]1CCCC[NH+]1[C@@H](C)C[NH3+]. The number of piperidine rings is 1. The summed E-state index contributed by atoms with van der Waals surface area (Å²) in [7, 11) is 0. The third kappa shape index (κ3) is 2.20. The van der Waals surface area contributed by atoms with Crippen molar-refractivity contribution in [3.05, 3.63) is 0 Å². The summed E-state index contributed by atoms with van der Waals surface area (Å²) in [6.07, 6.45) is 5.66. The molecule has 3 atom stereocenters. The molecule has 0 aliphatic carbocycles. The lowest BCUT2D eigenvalue weighted by molar-refractivity contribution is -0.957. The Labute approximate surface area is 76.1 Å². The van der Waals surface area contributed by atoms with Crippen LogP contribution in [0.1, 0.15) is 39.5 Å². The first-order chi connectivity index (χ1) is 5.79. The molecule has 1 saturated heterocycles. The first-order valence-electron chi connectivity index (χ1n) is 5.44. The van der Waals surface area contributed by atoms with Gasteiger partial charge in [0.15, 0.2) is 0 Å². The molecule has 0 saturated carbocycles. The molecule has 0 aromatic heterocycles. The minimum atomic E-state index is 0.773. The standard InChI is InChI=1S/C10H22N2/c1-3-10-6-4-5-7-12(10)9(2)8-11/h9-10H,3-8,11H2,1-2H3/p+2/t9-,10+/m0/s1. The van der Waals surface area contributed by atoms with Gasteiger partial charge in [-0.2, -0.15) is 0 Å². The zero-order valence-electron chi connectivity index (χ0n) is 8.60. The Kier molecular flexibility index (Phi) is 4.02. The Morgan fingerprint density at radius 2 is 2.25 bits per heavy atom. The third-order valence-electron chi connectivity index (χ3n) is 3.35. The summed E-state index contributed by atoms with van der Waals surface area (Å²) in [5.41, 5.74) is 4.01. The number of likely N-dealkylation sites (tertiary alicyclic amines) is 1. The molecule has 1 fully saturated rings. The number of nitrogens with one attached hydrogen (secondary N) is 1. The first kappa shape index (κ1) is 10.0. The largest absolute Gasteiger partial charge is 0.353 e. The molecule has 1 heterocycles. The van der Waals surface area contributed by atoms with Crippen molar-refractivity contribution < 1.29 is 10.6 Å². The van der Waals surface area contributed by atoms with Crippen molar-refractivity contribution in [3.63, 3.8) is 0 Å². The Hall–Kier alpha value is -0.0800. The lowest BCUT2D eigenvalue weighted by Crippen LogP contribution is -3.21. The highest BCUT2D eigenvalue weighted by Gasteiger charge is 2.28. The molecule has 72 valence electrons. The fourth-order valence-corrected chi connectivity index (χ4v) is 2.41. The third-order valence-corrected chi connectivity index (χ3v) is 3.35.